The predicted molar refractivity (Wildman–Crippen MR) is 71.9 cm³/mol. The van der Waals surface area contributed by atoms with E-state index >= 15 is 0 Å². The minimum Gasteiger partial charge on any atom is -0.482 e. The maximum atomic E-state index is 11.8. The zero-order valence-corrected chi connectivity index (χ0v) is 11.9. The van der Waals surface area contributed by atoms with Gasteiger partial charge < -0.3 is 14.7 Å². The first-order valence-corrected chi connectivity index (χ1v) is 6.77. The number of benzene rings is 1. The van der Waals surface area contributed by atoms with Gasteiger partial charge >= 0.3 is 0 Å². The lowest BCUT2D eigenvalue weighted by molar-refractivity contribution is -0.132. The van der Waals surface area contributed by atoms with Crippen LogP contribution in [-0.4, -0.2) is 41.7 Å². The standard InChI is InChI=1S/C12H13BrClNO3/c13-8-1-2-11(10(14)5-8)18-7-12(17)15-4-3-9(16)6-15/h1-2,5,9,16H,3-4,6-7H2/t9-/m1/s1. The second-order valence-corrected chi connectivity index (χ2v) is 5.47. The summed E-state index contributed by atoms with van der Waals surface area (Å²) >= 11 is 9.27. The molecule has 1 N–H and O–H groups in total. The summed E-state index contributed by atoms with van der Waals surface area (Å²) in [5.41, 5.74) is 0. The van der Waals surface area contributed by atoms with Crippen molar-refractivity contribution >= 4 is 33.4 Å². The number of amides is 1. The third kappa shape index (κ3) is 3.37. The van der Waals surface area contributed by atoms with Gasteiger partial charge in [-0.1, -0.05) is 27.5 Å². The van der Waals surface area contributed by atoms with Gasteiger partial charge in [0.25, 0.3) is 5.91 Å². The molecule has 1 aromatic rings. The molecule has 1 fully saturated rings. The lowest BCUT2D eigenvalue weighted by Gasteiger charge is -2.16. The van der Waals surface area contributed by atoms with E-state index in [1.54, 1.807) is 23.1 Å². The second-order valence-electron chi connectivity index (χ2n) is 4.15. The average molecular weight is 335 g/mol. The number of carbonyl (C=O) groups excluding carboxylic acids is 1. The van der Waals surface area contributed by atoms with Crippen molar-refractivity contribution in [2.45, 2.75) is 12.5 Å². The molecule has 1 atom stereocenters. The van der Waals surface area contributed by atoms with Crippen molar-refractivity contribution < 1.29 is 14.6 Å². The van der Waals surface area contributed by atoms with Crippen molar-refractivity contribution in [2.24, 2.45) is 0 Å². The molecule has 0 spiro atoms. The highest BCUT2D eigenvalue weighted by molar-refractivity contribution is 9.10. The number of likely N-dealkylation sites (tertiary alicyclic amines) is 1. The monoisotopic (exact) mass is 333 g/mol. The van der Waals surface area contributed by atoms with Crippen LogP contribution in [0.3, 0.4) is 0 Å². The normalized spacial score (nSPS) is 19.1. The Hall–Kier alpha value is -0.780. The minimum atomic E-state index is -0.412. The number of rotatable bonds is 3. The predicted octanol–water partition coefficient (Wildman–Crippen LogP) is 2.07. The Morgan fingerprint density at radius 2 is 2.39 bits per heavy atom. The molecule has 1 heterocycles. The molecule has 1 aliphatic rings. The summed E-state index contributed by atoms with van der Waals surface area (Å²) in [4.78, 5) is 13.4. The first-order chi connectivity index (χ1) is 8.56. The molecule has 0 aromatic heterocycles. The maximum absolute atomic E-state index is 11.8. The van der Waals surface area contributed by atoms with Crippen LogP contribution in [0.25, 0.3) is 0 Å². The average Bonchev–Trinajstić information content (AvgIpc) is 2.74. The van der Waals surface area contributed by atoms with Gasteiger partial charge in [0.05, 0.1) is 11.1 Å². The van der Waals surface area contributed by atoms with E-state index in [4.69, 9.17) is 16.3 Å². The van der Waals surface area contributed by atoms with Crippen molar-refractivity contribution in [3.8, 4) is 5.75 Å². The minimum absolute atomic E-state index is 0.0614. The van der Waals surface area contributed by atoms with E-state index in [0.29, 0.717) is 30.3 Å². The van der Waals surface area contributed by atoms with Crippen LogP contribution < -0.4 is 4.74 Å². The topological polar surface area (TPSA) is 49.8 Å². The summed E-state index contributed by atoms with van der Waals surface area (Å²) in [7, 11) is 0. The van der Waals surface area contributed by atoms with Crippen molar-refractivity contribution in [2.75, 3.05) is 19.7 Å². The van der Waals surface area contributed by atoms with Gasteiger partial charge in [-0.3, -0.25) is 4.79 Å². The number of carbonyl (C=O) groups is 1. The number of aliphatic hydroxyl groups excluding tert-OH is 1. The molecular weight excluding hydrogens is 321 g/mol. The summed E-state index contributed by atoms with van der Waals surface area (Å²) in [6.07, 6.45) is 0.218. The van der Waals surface area contributed by atoms with Crippen molar-refractivity contribution in [3.63, 3.8) is 0 Å². The number of nitrogens with zero attached hydrogens (tertiary/aromatic N) is 1. The van der Waals surface area contributed by atoms with Gasteiger partial charge in [-0.15, -0.1) is 0 Å². The number of hydrogen-bond donors (Lipinski definition) is 1. The molecule has 0 aliphatic carbocycles. The van der Waals surface area contributed by atoms with Crippen LogP contribution in [0.2, 0.25) is 5.02 Å². The van der Waals surface area contributed by atoms with Crippen LogP contribution >= 0.6 is 27.5 Å². The van der Waals surface area contributed by atoms with Crippen LogP contribution in [0.4, 0.5) is 0 Å². The molecule has 18 heavy (non-hydrogen) atoms. The molecule has 0 radical (unpaired) electrons. The fourth-order valence-electron chi connectivity index (χ4n) is 1.79. The highest BCUT2D eigenvalue weighted by Crippen LogP contribution is 2.27. The van der Waals surface area contributed by atoms with Gasteiger partial charge in [0.2, 0.25) is 0 Å². The number of hydrogen-bond acceptors (Lipinski definition) is 3. The first-order valence-electron chi connectivity index (χ1n) is 5.60. The number of aliphatic hydroxyl groups is 1. The van der Waals surface area contributed by atoms with Crippen molar-refractivity contribution in [1.29, 1.82) is 0 Å². The molecule has 0 unspecified atom stereocenters. The van der Waals surface area contributed by atoms with E-state index in [0.717, 1.165) is 4.47 Å². The summed E-state index contributed by atoms with van der Waals surface area (Å²) in [5.74, 6) is 0.346. The Morgan fingerprint density at radius 3 is 3.00 bits per heavy atom. The van der Waals surface area contributed by atoms with E-state index < -0.39 is 6.10 Å². The van der Waals surface area contributed by atoms with Gasteiger partial charge in [-0.2, -0.15) is 0 Å². The van der Waals surface area contributed by atoms with Crippen molar-refractivity contribution in [3.05, 3.63) is 27.7 Å². The smallest absolute Gasteiger partial charge is 0.260 e. The fraction of sp³-hybridized carbons (Fsp3) is 0.417. The molecule has 0 saturated carbocycles. The Labute approximate surface area is 119 Å². The Bertz CT molecular complexity index is 455. The Kier molecular flexibility index (Phi) is 4.48. The quantitative estimate of drug-likeness (QED) is 0.921. The molecule has 4 nitrogen and oxygen atoms in total. The van der Waals surface area contributed by atoms with Crippen LogP contribution in [0.1, 0.15) is 6.42 Å². The van der Waals surface area contributed by atoms with Crippen LogP contribution in [0.5, 0.6) is 5.75 Å². The SMILES string of the molecule is O=C(COc1ccc(Br)cc1Cl)N1CC[C@@H](O)C1. The fourth-order valence-corrected chi connectivity index (χ4v) is 2.52. The van der Waals surface area contributed by atoms with Gasteiger partial charge in [0.15, 0.2) is 6.61 Å². The third-order valence-electron chi connectivity index (χ3n) is 2.76. The van der Waals surface area contributed by atoms with E-state index in [-0.39, 0.29) is 12.5 Å². The second kappa shape index (κ2) is 5.91. The lowest BCUT2D eigenvalue weighted by Crippen LogP contribution is -2.33. The Balaban J connectivity index is 1.89. The third-order valence-corrected chi connectivity index (χ3v) is 3.55. The summed E-state index contributed by atoms with van der Waals surface area (Å²) < 4.78 is 6.23. The number of ether oxygens (including phenoxy) is 1. The van der Waals surface area contributed by atoms with Crippen LogP contribution in [-0.2, 0) is 4.79 Å². The largest absolute Gasteiger partial charge is 0.482 e. The van der Waals surface area contributed by atoms with E-state index in [9.17, 15) is 9.90 Å². The summed E-state index contributed by atoms with van der Waals surface area (Å²) in [6, 6.07) is 5.21. The summed E-state index contributed by atoms with van der Waals surface area (Å²) in [5, 5.41) is 9.80. The lowest BCUT2D eigenvalue weighted by atomic mass is 10.3. The molecule has 98 valence electrons. The summed E-state index contributed by atoms with van der Waals surface area (Å²) in [6.45, 7) is 0.905. The highest BCUT2D eigenvalue weighted by atomic mass is 79.9. The molecule has 1 amide bonds. The van der Waals surface area contributed by atoms with Crippen LogP contribution in [0.15, 0.2) is 22.7 Å². The van der Waals surface area contributed by atoms with E-state index in [2.05, 4.69) is 15.9 Å². The van der Waals surface area contributed by atoms with Gasteiger partial charge in [0, 0.05) is 17.6 Å². The van der Waals surface area contributed by atoms with Gasteiger partial charge in [-0.25, -0.2) is 0 Å². The van der Waals surface area contributed by atoms with Crippen LogP contribution in [0, 0.1) is 0 Å². The zero-order chi connectivity index (χ0) is 13.1. The van der Waals surface area contributed by atoms with Gasteiger partial charge in [0.1, 0.15) is 5.75 Å². The number of halogens is 2. The Morgan fingerprint density at radius 1 is 1.61 bits per heavy atom. The molecule has 1 saturated heterocycles. The maximum Gasteiger partial charge on any atom is 0.260 e. The molecule has 6 heteroatoms. The molecule has 1 aliphatic heterocycles. The molecule has 0 bridgehead atoms. The molecule has 2 rings (SSSR count). The van der Waals surface area contributed by atoms with Gasteiger partial charge in [-0.05, 0) is 24.6 Å². The first kappa shape index (κ1) is 13.6. The van der Waals surface area contributed by atoms with E-state index in [1.165, 1.54) is 0 Å². The number of β-amino-alcohol motifs (C(OH)–C–C–N with tert-alkyl or cyclic N) is 1. The van der Waals surface area contributed by atoms with E-state index in [1.807, 2.05) is 0 Å². The molecule has 1 aromatic carbocycles. The highest BCUT2D eigenvalue weighted by Gasteiger charge is 2.24. The zero-order valence-electron chi connectivity index (χ0n) is 9.60. The van der Waals surface area contributed by atoms with Crippen molar-refractivity contribution in [1.82, 2.24) is 4.90 Å². The molecular formula is C12H13BrClNO3.